The van der Waals surface area contributed by atoms with Crippen LogP contribution >= 0.6 is 11.6 Å². The van der Waals surface area contributed by atoms with E-state index in [0.29, 0.717) is 5.02 Å². The Kier molecular flexibility index (Phi) is 4.00. The van der Waals surface area contributed by atoms with E-state index in [2.05, 4.69) is 5.32 Å². The van der Waals surface area contributed by atoms with E-state index in [1.165, 1.54) is 6.07 Å². The van der Waals surface area contributed by atoms with E-state index in [1.807, 2.05) is 38.2 Å². The Labute approximate surface area is 112 Å². The molecule has 2 aromatic rings. The number of rotatable bonds is 3. The lowest BCUT2D eigenvalue weighted by molar-refractivity contribution is 0.616. The Morgan fingerprint density at radius 3 is 2.56 bits per heavy atom. The first kappa shape index (κ1) is 13.1. The van der Waals surface area contributed by atoms with Crippen LogP contribution in [0.3, 0.4) is 0 Å². The molecule has 0 amide bonds. The number of hydrogen-bond acceptors (Lipinski definition) is 1. The van der Waals surface area contributed by atoms with Gasteiger partial charge in [-0.2, -0.15) is 0 Å². The maximum Gasteiger partial charge on any atom is 0.123 e. The van der Waals surface area contributed by atoms with Crippen molar-refractivity contribution in [3.63, 3.8) is 0 Å². The van der Waals surface area contributed by atoms with E-state index >= 15 is 0 Å². The zero-order valence-electron chi connectivity index (χ0n) is 10.4. The van der Waals surface area contributed by atoms with Crippen molar-refractivity contribution in [3.8, 4) is 0 Å². The summed E-state index contributed by atoms with van der Waals surface area (Å²) >= 11 is 5.96. The first-order chi connectivity index (χ1) is 8.61. The van der Waals surface area contributed by atoms with Crippen molar-refractivity contribution < 1.29 is 4.39 Å². The summed E-state index contributed by atoms with van der Waals surface area (Å²) in [5, 5.41) is 3.93. The van der Waals surface area contributed by atoms with Crippen LogP contribution in [0.25, 0.3) is 0 Å². The van der Waals surface area contributed by atoms with Gasteiger partial charge in [-0.05, 0) is 54.9 Å². The Balaban J connectivity index is 2.45. The second-order valence-electron chi connectivity index (χ2n) is 4.28. The summed E-state index contributed by atoms with van der Waals surface area (Å²) in [6, 6.07) is 12.4. The van der Waals surface area contributed by atoms with Crippen molar-refractivity contribution in [1.29, 1.82) is 0 Å². The Hall–Kier alpha value is -1.38. The molecule has 0 saturated heterocycles. The Bertz CT molecular complexity index is 554. The fraction of sp³-hybridized carbons (Fsp3) is 0.200. The molecule has 0 aliphatic heterocycles. The van der Waals surface area contributed by atoms with Gasteiger partial charge in [0.1, 0.15) is 5.82 Å². The first-order valence-corrected chi connectivity index (χ1v) is 6.18. The summed E-state index contributed by atoms with van der Waals surface area (Å²) in [5.41, 5.74) is 3.10. The summed E-state index contributed by atoms with van der Waals surface area (Å²) in [6.45, 7) is 2.00. The molecule has 18 heavy (non-hydrogen) atoms. The van der Waals surface area contributed by atoms with E-state index < -0.39 is 0 Å². The molecule has 1 unspecified atom stereocenters. The van der Waals surface area contributed by atoms with Crippen molar-refractivity contribution in [2.45, 2.75) is 13.0 Å². The van der Waals surface area contributed by atoms with Crippen LogP contribution in [0.2, 0.25) is 5.02 Å². The number of hydrogen-bond donors (Lipinski definition) is 1. The van der Waals surface area contributed by atoms with Crippen molar-refractivity contribution in [2.24, 2.45) is 0 Å². The minimum Gasteiger partial charge on any atom is -0.309 e. The van der Waals surface area contributed by atoms with Gasteiger partial charge in [0, 0.05) is 5.02 Å². The standard InChI is InChI=1S/C15H15ClFN/c1-10-8-12(16)6-7-14(10)15(18-2)11-4-3-5-13(17)9-11/h3-9,15,18H,1-2H3. The predicted molar refractivity (Wildman–Crippen MR) is 73.5 cm³/mol. The molecule has 0 aliphatic carbocycles. The maximum atomic E-state index is 13.3. The zero-order valence-corrected chi connectivity index (χ0v) is 11.1. The molecule has 1 N–H and O–H groups in total. The van der Waals surface area contributed by atoms with Gasteiger partial charge in [-0.1, -0.05) is 29.8 Å². The molecule has 3 heteroatoms. The van der Waals surface area contributed by atoms with Crippen LogP contribution in [-0.2, 0) is 0 Å². The lowest BCUT2D eigenvalue weighted by Gasteiger charge is -2.19. The summed E-state index contributed by atoms with van der Waals surface area (Å²) in [6.07, 6.45) is 0. The Morgan fingerprint density at radius 1 is 1.17 bits per heavy atom. The van der Waals surface area contributed by atoms with E-state index in [4.69, 9.17) is 11.6 Å². The molecular weight excluding hydrogens is 249 g/mol. The van der Waals surface area contributed by atoms with Gasteiger partial charge in [0.25, 0.3) is 0 Å². The molecule has 1 atom stereocenters. The third kappa shape index (κ3) is 2.71. The largest absolute Gasteiger partial charge is 0.309 e. The Morgan fingerprint density at radius 2 is 1.94 bits per heavy atom. The van der Waals surface area contributed by atoms with Crippen LogP contribution in [-0.4, -0.2) is 7.05 Å². The van der Waals surface area contributed by atoms with Gasteiger partial charge >= 0.3 is 0 Å². The van der Waals surface area contributed by atoms with Crippen molar-refractivity contribution in [3.05, 3.63) is 70.0 Å². The van der Waals surface area contributed by atoms with Crippen LogP contribution in [0.4, 0.5) is 4.39 Å². The molecule has 0 bridgehead atoms. The van der Waals surface area contributed by atoms with E-state index in [-0.39, 0.29) is 11.9 Å². The topological polar surface area (TPSA) is 12.0 Å². The molecule has 0 spiro atoms. The SMILES string of the molecule is CNC(c1cccc(F)c1)c1ccc(Cl)cc1C. The highest BCUT2D eigenvalue weighted by Crippen LogP contribution is 2.26. The maximum absolute atomic E-state index is 13.3. The highest BCUT2D eigenvalue weighted by atomic mass is 35.5. The zero-order chi connectivity index (χ0) is 13.1. The van der Waals surface area contributed by atoms with Gasteiger partial charge in [0.15, 0.2) is 0 Å². The number of aryl methyl sites for hydroxylation is 1. The van der Waals surface area contributed by atoms with Crippen LogP contribution in [0.15, 0.2) is 42.5 Å². The van der Waals surface area contributed by atoms with Crippen LogP contribution in [0, 0.1) is 12.7 Å². The lowest BCUT2D eigenvalue weighted by atomic mass is 9.95. The van der Waals surface area contributed by atoms with Gasteiger partial charge in [-0.3, -0.25) is 0 Å². The van der Waals surface area contributed by atoms with Crippen molar-refractivity contribution in [2.75, 3.05) is 7.05 Å². The predicted octanol–water partition coefficient (Wildman–Crippen LogP) is 4.10. The van der Waals surface area contributed by atoms with E-state index in [0.717, 1.165) is 16.7 Å². The van der Waals surface area contributed by atoms with Crippen molar-refractivity contribution in [1.82, 2.24) is 5.32 Å². The van der Waals surface area contributed by atoms with Crippen molar-refractivity contribution >= 4 is 11.6 Å². The van der Waals surface area contributed by atoms with Gasteiger partial charge in [0.2, 0.25) is 0 Å². The molecule has 0 heterocycles. The molecular formula is C15H15ClFN. The normalized spacial score (nSPS) is 12.4. The minimum absolute atomic E-state index is 0.0297. The first-order valence-electron chi connectivity index (χ1n) is 5.80. The smallest absolute Gasteiger partial charge is 0.123 e. The quantitative estimate of drug-likeness (QED) is 0.879. The average Bonchev–Trinajstić information content (AvgIpc) is 2.33. The van der Waals surface area contributed by atoms with Gasteiger partial charge in [0.05, 0.1) is 6.04 Å². The van der Waals surface area contributed by atoms with Crippen LogP contribution in [0.5, 0.6) is 0 Å². The highest BCUT2D eigenvalue weighted by Gasteiger charge is 2.14. The fourth-order valence-electron chi connectivity index (χ4n) is 2.15. The molecule has 0 radical (unpaired) electrons. The molecule has 0 aliphatic rings. The van der Waals surface area contributed by atoms with Gasteiger partial charge < -0.3 is 5.32 Å². The number of benzene rings is 2. The molecule has 1 nitrogen and oxygen atoms in total. The summed E-state index contributed by atoms with van der Waals surface area (Å²) in [4.78, 5) is 0. The molecule has 0 aromatic heterocycles. The van der Waals surface area contributed by atoms with Crippen LogP contribution < -0.4 is 5.32 Å². The molecule has 0 fully saturated rings. The second kappa shape index (κ2) is 5.51. The van der Waals surface area contributed by atoms with Crippen LogP contribution in [0.1, 0.15) is 22.7 Å². The molecule has 2 aromatic carbocycles. The van der Waals surface area contributed by atoms with E-state index in [9.17, 15) is 4.39 Å². The van der Waals surface area contributed by atoms with E-state index in [1.54, 1.807) is 12.1 Å². The molecule has 94 valence electrons. The number of halogens is 2. The fourth-order valence-corrected chi connectivity index (χ4v) is 2.38. The summed E-state index contributed by atoms with van der Waals surface area (Å²) in [5.74, 6) is -0.223. The molecule has 0 saturated carbocycles. The monoisotopic (exact) mass is 263 g/mol. The molecule has 2 rings (SSSR count). The van der Waals surface area contributed by atoms with Gasteiger partial charge in [-0.15, -0.1) is 0 Å². The summed E-state index contributed by atoms with van der Waals surface area (Å²) < 4.78 is 13.3. The summed E-state index contributed by atoms with van der Waals surface area (Å²) in [7, 11) is 1.86. The lowest BCUT2D eigenvalue weighted by Crippen LogP contribution is -2.18. The third-order valence-corrected chi connectivity index (χ3v) is 3.25. The second-order valence-corrected chi connectivity index (χ2v) is 4.71. The van der Waals surface area contributed by atoms with Gasteiger partial charge in [-0.25, -0.2) is 4.39 Å². The highest BCUT2D eigenvalue weighted by molar-refractivity contribution is 6.30. The number of nitrogens with one attached hydrogen (secondary N) is 1. The third-order valence-electron chi connectivity index (χ3n) is 3.01. The minimum atomic E-state index is -0.223. The average molecular weight is 264 g/mol.